The monoisotopic (exact) mass is 588 g/mol. The first kappa shape index (κ1) is 32.2. The molecule has 1 aromatic heterocycles. The van der Waals surface area contributed by atoms with Crippen LogP contribution in [0.4, 0.5) is 5.13 Å². The van der Waals surface area contributed by atoms with Crippen LogP contribution in [0.15, 0.2) is 36.3 Å². The van der Waals surface area contributed by atoms with E-state index in [1.165, 1.54) is 10.6 Å². The fourth-order valence-electron chi connectivity index (χ4n) is 5.03. The number of likely N-dealkylation sites (tertiary alicyclic amines) is 1. The topological polar surface area (TPSA) is 98.4 Å². The van der Waals surface area contributed by atoms with E-state index in [9.17, 15) is 9.59 Å². The summed E-state index contributed by atoms with van der Waals surface area (Å²) in [6, 6.07) is 0.513. The van der Waals surface area contributed by atoms with Gasteiger partial charge >= 0.3 is 0 Å². The number of nitrogens with one attached hydrogen (secondary N) is 4. The summed E-state index contributed by atoms with van der Waals surface area (Å²) in [4.78, 5) is 32.9. The highest BCUT2D eigenvalue weighted by molar-refractivity contribution is 8.00. The Morgan fingerprint density at radius 1 is 1.18 bits per heavy atom. The molecular formula is C30H48N6O2S2. The lowest BCUT2D eigenvalue weighted by Gasteiger charge is -2.21. The Morgan fingerprint density at radius 2 is 2.00 bits per heavy atom. The first-order valence-electron chi connectivity index (χ1n) is 14.8. The summed E-state index contributed by atoms with van der Waals surface area (Å²) in [5, 5.41) is 14.1. The summed E-state index contributed by atoms with van der Waals surface area (Å²) in [7, 11) is 0. The molecule has 2 aliphatic rings. The molecule has 0 spiro atoms. The molecule has 4 N–H and O–H groups in total. The first-order chi connectivity index (χ1) is 19.3. The van der Waals surface area contributed by atoms with Gasteiger partial charge in [-0.3, -0.25) is 9.59 Å². The molecule has 1 aromatic rings. The van der Waals surface area contributed by atoms with Gasteiger partial charge in [-0.2, -0.15) is 0 Å². The first-order valence-corrected chi connectivity index (χ1v) is 16.7. The fraction of sp³-hybridized carbons (Fsp3) is 0.633. The molecule has 1 fully saturated rings. The van der Waals surface area contributed by atoms with Crippen LogP contribution in [-0.4, -0.2) is 64.9 Å². The van der Waals surface area contributed by atoms with E-state index in [4.69, 9.17) is 0 Å². The predicted molar refractivity (Wildman–Crippen MR) is 170 cm³/mol. The lowest BCUT2D eigenvalue weighted by molar-refractivity contribution is -0.126. The summed E-state index contributed by atoms with van der Waals surface area (Å²) in [6.45, 7) is 18.0. The normalized spacial score (nSPS) is 19.1. The zero-order valence-corrected chi connectivity index (χ0v) is 26.2. The Balaban J connectivity index is 1.31. The number of thiazole rings is 1. The molecular weight excluding hydrogens is 541 g/mol. The van der Waals surface area contributed by atoms with E-state index in [0.29, 0.717) is 37.0 Å². The number of thioether (sulfide) groups is 1. The van der Waals surface area contributed by atoms with E-state index in [2.05, 4.69) is 66.3 Å². The van der Waals surface area contributed by atoms with Crippen molar-refractivity contribution in [2.75, 3.05) is 37.2 Å². The number of aromatic nitrogens is 1. The van der Waals surface area contributed by atoms with E-state index >= 15 is 0 Å². The minimum Gasteiger partial charge on any atom is -0.389 e. The molecule has 0 bridgehead atoms. The number of aryl methyl sites for hydroxylation is 1. The van der Waals surface area contributed by atoms with E-state index in [1.54, 1.807) is 23.1 Å². The van der Waals surface area contributed by atoms with Gasteiger partial charge < -0.3 is 26.2 Å². The van der Waals surface area contributed by atoms with Crippen molar-refractivity contribution < 1.29 is 9.59 Å². The SMILES string of the molecule is C=C(CCC(=O)Nc1nc2c(s1)CC(NCCC)CC2)NCCSC1CC(=O)N(CCC(=CCC)NCC)C1=C. The van der Waals surface area contributed by atoms with E-state index in [0.717, 1.165) is 81.0 Å². The molecule has 1 aliphatic heterocycles. The average molecular weight is 589 g/mol. The van der Waals surface area contributed by atoms with Crippen molar-refractivity contribution in [1.29, 1.82) is 0 Å². The number of amides is 2. The van der Waals surface area contributed by atoms with Crippen molar-refractivity contribution >= 4 is 40.0 Å². The fourth-order valence-corrected chi connectivity index (χ4v) is 7.22. The van der Waals surface area contributed by atoms with Crippen LogP contribution in [0.3, 0.4) is 0 Å². The Morgan fingerprint density at radius 3 is 2.75 bits per heavy atom. The Bertz CT molecular complexity index is 1050. The largest absolute Gasteiger partial charge is 0.389 e. The van der Waals surface area contributed by atoms with Gasteiger partial charge in [-0.05, 0) is 52.0 Å². The summed E-state index contributed by atoms with van der Waals surface area (Å²) in [6.07, 6.45) is 9.64. The van der Waals surface area contributed by atoms with Gasteiger partial charge in [0.2, 0.25) is 11.8 Å². The van der Waals surface area contributed by atoms with Gasteiger partial charge in [-0.15, -0.1) is 23.1 Å². The summed E-state index contributed by atoms with van der Waals surface area (Å²) < 4.78 is 0. The molecule has 2 atom stereocenters. The molecule has 0 saturated carbocycles. The number of fused-ring (bicyclic) bond motifs is 1. The van der Waals surface area contributed by atoms with Gasteiger partial charge in [0.25, 0.3) is 0 Å². The maximum atomic E-state index is 12.6. The van der Waals surface area contributed by atoms with Crippen LogP contribution >= 0.6 is 23.1 Å². The third kappa shape index (κ3) is 9.96. The molecule has 2 unspecified atom stereocenters. The zero-order chi connectivity index (χ0) is 28.9. The quantitative estimate of drug-likeness (QED) is 0.180. The molecule has 222 valence electrons. The molecule has 2 heterocycles. The number of allylic oxidation sites excluding steroid dienone is 2. The van der Waals surface area contributed by atoms with Gasteiger partial charge in [-0.25, -0.2) is 4.98 Å². The minimum absolute atomic E-state index is 0.0315. The third-order valence-electron chi connectivity index (χ3n) is 7.16. The van der Waals surface area contributed by atoms with Crippen LogP contribution in [0.25, 0.3) is 0 Å². The number of anilines is 1. The Kier molecular flexibility index (Phi) is 13.6. The number of hydrogen-bond donors (Lipinski definition) is 4. The van der Waals surface area contributed by atoms with Crippen molar-refractivity contribution in [2.45, 2.75) is 89.9 Å². The van der Waals surface area contributed by atoms with Crippen LogP contribution < -0.4 is 21.3 Å². The standard InChI is InChI=1S/C30H48N6O2S2/c1-6-9-23(31-8-3)14-17-36-22(5)26(20-29(36)38)39-18-16-32-21(4)10-13-28(37)35-30-34-25-12-11-24(33-15-7-2)19-27(25)40-30/h9,24,26,31-33H,4-8,10-20H2,1-3H3,(H,34,35,37). The number of hydrogen-bond acceptors (Lipinski definition) is 8. The second-order valence-electron chi connectivity index (χ2n) is 10.4. The summed E-state index contributed by atoms with van der Waals surface area (Å²) in [5.74, 6) is 0.969. The number of carbonyl (C=O) groups excluding carboxylic acids is 2. The lowest BCUT2D eigenvalue weighted by atomic mass is 9.98. The molecule has 0 radical (unpaired) electrons. The van der Waals surface area contributed by atoms with Crippen molar-refractivity contribution in [3.05, 3.63) is 46.9 Å². The lowest BCUT2D eigenvalue weighted by Crippen LogP contribution is -2.34. The molecule has 40 heavy (non-hydrogen) atoms. The van der Waals surface area contributed by atoms with Crippen molar-refractivity contribution in [3.8, 4) is 0 Å². The molecule has 10 heteroatoms. The van der Waals surface area contributed by atoms with Crippen LogP contribution in [0.2, 0.25) is 0 Å². The molecule has 0 aromatic carbocycles. The van der Waals surface area contributed by atoms with Crippen LogP contribution in [0.5, 0.6) is 0 Å². The van der Waals surface area contributed by atoms with Crippen molar-refractivity contribution in [1.82, 2.24) is 25.8 Å². The summed E-state index contributed by atoms with van der Waals surface area (Å²) in [5.41, 5.74) is 4.09. The van der Waals surface area contributed by atoms with E-state index in [-0.39, 0.29) is 17.1 Å². The Hall–Kier alpha value is -2.30. The Labute approximate surface area is 248 Å². The number of nitrogens with zero attached hydrogens (tertiary/aromatic N) is 2. The minimum atomic E-state index is -0.0315. The smallest absolute Gasteiger partial charge is 0.228 e. The third-order valence-corrected chi connectivity index (χ3v) is 9.47. The maximum Gasteiger partial charge on any atom is 0.228 e. The van der Waals surface area contributed by atoms with Crippen LogP contribution in [-0.2, 0) is 22.4 Å². The van der Waals surface area contributed by atoms with Gasteiger partial charge in [0.1, 0.15) is 0 Å². The molecule has 8 nitrogen and oxygen atoms in total. The average Bonchev–Trinajstić information content (AvgIpc) is 3.45. The molecule has 1 saturated heterocycles. The van der Waals surface area contributed by atoms with E-state index in [1.807, 2.05) is 4.90 Å². The number of carbonyl (C=O) groups is 2. The highest BCUT2D eigenvalue weighted by Crippen LogP contribution is 2.32. The maximum absolute atomic E-state index is 12.6. The molecule has 3 rings (SSSR count). The van der Waals surface area contributed by atoms with Crippen LogP contribution in [0.1, 0.15) is 76.3 Å². The highest BCUT2D eigenvalue weighted by atomic mass is 32.2. The second-order valence-corrected chi connectivity index (χ2v) is 12.8. The molecule has 2 amide bonds. The van der Waals surface area contributed by atoms with Crippen molar-refractivity contribution in [2.24, 2.45) is 0 Å². The van der Waals surface area contributed by atoms with Crippen molar-refractivity contribution in [3.63, 3.8) is 0 Å². The molecule has 1 aliphatic carbocycles. The number of rotatable bonds is 18. The second kappa shape index (κ2) is 16.8. The van der Waals surface area contributed by atoms with Crippen LogP contribution in [0, 0.1) is 0 Å². The van der Waals surface area contributed by atoms with Gasteiger partial charge in [0.05, 0.1) is 10.9 Å². The van der Waals surface area contributed by atoms with E-state index < -0.39 is 0 Å². The predicted octanol–water partition coefficient (Wildman–Crippen LogP) is 4.96. The van der Waals surface area contributed by atoms with Gasteiger partial charge in [0.15, 0.2) is 5.13 Å². The zero-order valence-electron chi connectivity index (χ0n) is 24.6. The highest BCUT2D eigenvalue weighted by Gasteiger charge is 2.33. The van der Waals surface area contributed by atoms with Gasteiger partial charge in [0, 0.05) is 72.7 Å². The summed E-state index contributed by atoms with van der Waals surface area (Å²) >= 11 is 3.36. The van der Waals surface area contributed by atoms with Gasteiger partial charge in [-0.1, -0.05) is 33.1 Å².